The minimum Gasteiger partial charge on any atom is -0.379 e. The van der Waals surface area contributed by atoms with Crippen LogP contribution >= 0.6 is 23.1 Å². The number of thioether (sulfide) groups is 1. The third-order valence-corrected chi connectivity index (χ3v) is 2.67. The minimum atomic E-state index is 0.123. The number of amidine groups is 1. The number of rotatable bonds is 2. The maximum absolute atomic E-state index is 6.95. The topological polar surface area (TPSA) is 75.7 Å². The summed E-state index contributed by atoms with van der Waals surface area (Å²) < 4.78 is 0. The molecule has 0 aromatic carbocycles. The second-order valence-electron chi connectivity index (χ2n) is 1.87. The Hall–Kier alpha value is -0.620. The van der Waals surface area contributed by atoms with Gasteiger partial charge in [0.25, 0.3) is 0 Å². The van der Waals surface area contributed by atoms with Crippen molar-refractivity contribution in [2.45, 2.75) is 12.7 Å². The quantitative estimate of drug-likeness (QED) is 0.535. The maximum atomic E-state index is 6.95. The highest BCUT2D eigenvalue weighted by Gasteiger charge is 2.00. The second-order valence-corrected chi connectivity index (χ2v) is 4.15. The molecular weight excluding hydrogens is 180 g/mol. The summed E-state index contributed by atoms with van der Waals surface area (Å²) >= 11 is 2.80. The number of nitrogens with two attached hydrogens (primary N) is 1. The molecule has 11 heavy (non-hydrogen) atoms. The summed E-state index contributed by atoms with van der Waals surface area (Å²) in [5, 5.41) is 16.7. The zero-order valence-electron chi connectivity index (χ0n) is 6.00. The van der Waals surface area contributed by atoms with Gasteiger partial charge in [-0.15, -0.1) is 21.5 Å². The Morgan fingerprint density at radius 1 is 1.73 bits per heavy atom. The number of hydrogen-bond acceptors (Lipinski definition) is 5. The van der Waals surface area contributed by atoms with Crippen molar-refractivity contribution in [1.82, 2.24) is 10.2 Å². The Morgan fingerprint density at radius 2 is 2.45 bits per heavy atom. The SMILES string of the molecule is Cc1nnc(CSC(=N)N)s1. The van der Waals surface area contributed by atoms with Crippen LogP contribution in [0.2, 0.25) is 0 Å². The van der Waals surface area contributed by atoms with Gasteiger partial charge in [-0.3, -0.25) is 5.41 Å². The van der Waals surface area contributed by atoms with Crippen molar-refractivity contribution in [2.75, 3.05) is 0 Å². The van der Waals surface area contributed by atoms with Crippen molar-refractivity contribution in [1.29, 1.82) is 5.41 Å². The third-order valence-electron chi connectivity index (χ3n) is 0.919. The molecule has 0 unspecified atom stereocenters. The highest BCUT2D eigenvalue weighted by molar-refractivity contribution is 8.13. The summed E-state index contributed by atoms with van der Waals surface area (Å²) in [5.41, 5.74) is 5.15. The van der Waals surface area contributed by atoms with E-state index in [9.17, 15) is 0 Å². The summed E-state index contributed by atoms with van der Waals surface area (Å²) in [4.78, 5) is 0. The first-order chi connectivity index (χ1) is 5.18. The molecular formula is C5H8N4S2. The van der Waals surface area contributed by atoms with Crippen LogP contribution in [0.4, 0.5) is 0 Å². The van der Waals surface area contributed by atoms with Crippen LogP contribution in [0.5, 0.6) is 0 Å². The highest BCUT2D eigenvalue weighted by Crippen LogP contribution is 2.14. The van der Waals surface area contributed by atoms with E-state index in [2.05, 4.69) is 10.2 Å². The normalized spacial score (nSPS) is 9.91. The van der Waals surface area contributed by atoms with E-state index in [1.807, 2.05) is 6.92 Å². The Kier molecular flexibility index (Phi) is 2.84. The molecule has 0 saturated heterocycles. The fourth-order valence-electron chi connectivity index (χ4n) is 0.535. The summed E-state index contributed by atoms with van der Waals surface area (Å²) in [6.45, 7) is 1.90. The minimum absolute atomic E-state index is 0.123. The Balaban J connectivity index is 2.45. The molecule has 0 spiro atoms. The van der Waals surface area contributed by atoms with Crippen LogP contribution in [0, 0.1) is 12.3 Å². The van der Waals surface area contributed by atoms with Gasteiger partial charge in [0, 0.05) is 0 Å². The van der Waals surface area contributed by atoms with E-state index in [4.69, 9.17) is 11.1 Å². The van der Waals surface area contributed by atoms with Crippen molar-refractivity contribution < 1.29 is 0 Å². The van der Waals surface area contributed by atoms with Gasteiger partial charge < -0.3 is 5.73 Å². The average molecular weight is 188 g/mol. The average Bonchev–Trinajstić information content (AvgIpc) is 2.31. The molecule has 0 bridgehead atoms. The first kappa shape index (κ1) is 8.48. The molecule has 0 radical (unpaired) electrons. The smallest absolute Gasteiger partial charge is 0.151 e. The van der Waals surface area contributed by atoms with Gasteiger partial charge in [0.1, 0.15) is 10.0 Å². The molecule has 0 fully saturated rings. The second kappa shape index (κ2) is 3.68. The van der Waals surface area contributed by atoms with Crippen LogP contribution in [0.3, 0.4) is 0 Å². The van der Waals surface area contributed by atoms with Gasteiger partial charge in [0.05, 0.1) is 5.75 Å². The van der Waals surface area contributed by atoms with Crippen LogP contribution in [0.1, 0.15) is 10.0 Å². The lowest BCUT2D eigenvalue weighted by Crippen LogP contribution is -2.03. The maximum Gasteiger partial charge on any atom is 0.151 e. The van der Waals surface area contributed by atoms with E-state index in [1.54, 1.807) is 0 Å². The van der Waals surface area contributed by atoms with Gasteiger partial charge in [0.15, 0.2) is 5.17 Å². The predicted molar refractivity (Wildman–Crippen MR) is 47.9 cm³/mol. The van der Waals surface area contributed by atoms with Crippen LogP contribution in [0.15, 0.2) is 0 Å². The Labute approximate surface area is 72.7 Å². The Bertz CT molecular complexity index is 257. The lowest BCUT2D eigenvalue weighted by molar-refractivity contribution is 1.01. The number of nitrogens with zero attached hydrogens (tertiary/aromatic N) is 2. The summed E-state index contributed by atoms with van der Waals surface area (Å²) in [5.74, 6) is 0.654. The van der Waals surface area contributed by atoms with Crippen molar-refractivity contribution >= 4 is 28.3 Å². The first-order valence-electron chi connectivity index (χ1n) is 2.94. The fraction of sp³-hybridized carbons (Fsp3) is 0.400. The zero-order valence-corrected chi connectivity index (χ0v) is 7.63. The van der Waals surface area contributed by atoms with Crippen LogP contribution in [-0.2, 0) is 5.75 Å². The van der Waals surface area contributed by atoms with Crippen LogP contribution in [-0.4, -0.2) is 15.4 Å². The molecule has 0 amide bonds. The molecule has 6 heteroatoms. The van der Waals surface area contributed by atoms with Crippen molar-refractivity contribution in [2.24, 2.45) is 5.73 Å². The van der Waals surface area contributed by atoms with E-state index in [-0.39, 0.29) is 5.17 Å². The molecule has 0 aliphatic rings. The monoisotopic (exact) mass is 188 g/mol. The van der Waals surface area contributed by atoms with Gasteiger partial charge in [-0.05, 0) is 6.92 Å². The zero-order chi connectivity index (χ0) is 8.27. The lowest BCUT2D eigenvalue weighted by atomic mass is 10.8. The van der Waals surface area contributed by atoms with E-state index >= 15 is 0 Å². The first-order valence-corrected chi connectivity index (χ1v) is 4.74. The van der Waals surface area contributed by atoms with E-state index in [0.717, 1.165) is 10.0 Å². The number of aryl methyl sites for hydroxylation is 1. The van der Waals surface area contributed by atoms with E-state index < -0.39 is 0 Å². The molecule has 0 saturated carbocycles. The molecule has 1 aromatic rings. The lowest BCUT2D eigenvalue weighted by Gasteiger charge is -1.91. The predicted octanol–water partition coefficient (Wildman–Crippen LogP) is 0.973. The molecule has 1 heterocycles. The number of aromatic nitrogens is 2. The summed E-state index contributed by atoms with van der Waals surface area (Å²) in [6.07, 6.45) is 0. The van der Waals surface area contributed by atoms with Gasteiger partial charge in [0.2, 0.25) is 0 Å². The fourth-order valence-corrected chi connectivity index (χ4v) is 1.79. The molecule has 0 atom stereocenters. The molecule has 0 aliphatic heterocycles. The summed E-state index contributed by atoms with van der Waals surface area (Å²) in [7, 11) is 0. The van der Waals surface area contributed by atoms with Crippen molar-refractivity contribution in [3.63, 3.8) is 0 Å². The van der Waals surface area contributed by atoms with Gasteiger partial charge in [-0.1, -0.05) is 11.8 Å². The number of hydrogen-bond donors (Lipinski definition) is 2. The molecule has 1 rings (SSSR count). The van der Waals surface area contributed by atoms with E-state index in [0.29, 0.717) is 5.75 Å². The van der Waals surface area contributed by atoms with Crippen LogP contribution in [0.25, 0.3) is 0 Å². The van der Waals surface area contributed by atoms with Crippen molar-refractivity contribution in [3.8, 4) is 0 Å². The Morgan fingerprint density at radius 3 is 2.91 bits per heavy atom. The third kappa shape index (κ3) is 2.85. The standard InChI is InChI=1S/C5H8N4S2/c1-3-8-9-4(11-3)2-10-5(6)7/h2H2,1H3,(H3,6,7). The van der Waals surface area contributed by atoms with Crippen LogP contribution < -0.4 is 5.73 Å². The number of nitrogens with one attached hydrogen (secondary N) is 1. The highest BCUT2D eigenvalue weighted by atomic mass is 32.2. The molecule has 1 aromatic heterocycles. The van der Waals surface area contributed by atoms with Gasteiger partial charge in [-0.25, -0.2) is 0 Å². The molecule has 3 N–H and O–H groups in total. The van der Waals surface area contributed by atoms with Gasteiger partial charge in [-0.2, -0.15) is 0 Å². The van der Waals surface area contributed by atoms with E-state index in [1.165, 1.54) is 23.1 Å². The summed E-state index contributed by atoms with van der Waals surface area (Å²) in [6, 6.07) is 0. The van der Waals surface area contributed by atoms with Crippen molar-refractivity contribution in [3.05, 3.63) is 10.0 Å². The molecule has 0 aliphatic carbocycles. The van der Waals surface area contributed by atoms with Gasteiger partial charge >= 0.3 is 0 Å². The molecule has 4 nitrogen and oxygen atoms in total. The molecule has 60 valence electrons. The largest absolute Gasteiger partial charge is 0.379 e.